The first kappa shape index (κ1) is 16.0. The van der Waals surface area contributed by atoms with Crippen LogP contribution in [0.5, 0.6) is 0 Å². The summed E-state index contributed by atoms with van der Waals surface area (Å²) in [6, 6.07) is 0.572. The summed E-state index contributed by atoms with van der Waals surface area (Å²) in [5.74, 6) is 0.289. The Balaban J connectivity index is 1.71. The lowest BCUT2D eigenvalue weighted by Crippen LogP contribution is -2.39. The van der Waals surface area contributed by atoms with E-state index in [2.05, 4.69) is 30.5 Å². The van der Waals surface area contributed by atoms with E-state index in [9.17, 15) is 4.79 Å². The molecule has 1 saturated heterocycles. The Morgan fingerprint density at radius 1 is 1.33 bits per heavy atom. The number of hydrogen-bond donors (Lipinski definition) is 1. The highest BCUT2D eigenvalue weighted by molar-refractivity contribution is 5.76. The van der Waals surface area contributed by atoms with E-state index in [0.29, 0.717) is 12.5 Å². The van der Waals surface area contributed by atoms with E-state index in [0.717, 1.165) is 32.5 Å². The standard InChI is InChI=1S/C16H28N4O/c1-13-11-18-20(12-13)15(3)14(2)17-8-7-16(21)19-9-5-4-6-10-19/h11-12,14-15,17H,4-10H2,1-3H3/t14-,15+/m0/s1. The van der Waals surface area contributed by atoms with Gasteiger partial charge in [-0.2, -0.15) is 5.10 Å². The molecule has 118 valence electrons. The van der Waals surface area contributed by atoms with Gasteiger partial charge in [-0.25, -0.2) is 0 Å². The summed E-state index contributed by atoms with van der Waals surface area (Å²) in [5.41, 5.74) is 1.18. The van der Waals surface area contributed by atoms with Gasteiger partial charge in [0.25, 0.3) is 0 Å². The monoisotopic (exact) mass is 292 g/mol. The predicted octanol–water partition coefficient (Wildman–Crippen LogP) is 2.13. The maximum Gasteiger partial charge on any atom is 0.223 e. The third-order valence-corrected chi connectivity index (χ3v) is 4.39. The van der Waals surface area contributed by atoms with Crippen LogP contribution in [0.1, 0.15) is 51.1 Å². The highest BCUT2D eigenvalue weighted by Gasteiger charge is 2.18. The molecule has 0 spiro atoms. The number of rotatable bonds is 6. The zero-order chi connectivity index (χ0) is 15.2. The summed E-state index contributed by atoms with van der Waals surface area (Å²) in [5, 5.41) is 7.81. The van der Waals surface area contributed by atoms with Crippen molar-refractivity contribution < 1.29 is 4.79 Å². The number of carbonyl (C=O) groups is 1. The number of likely N-dealkylation sites (tertiary alicyclic amines) is 1. The topological polar surface area (TPSA) is 50.2 Å². The van der Waals surface area contributed by atoms with Crippen LogP contribution in [0.2, 0.25) is 0 Å². The first-order valence-corrected chi connectivity index (χ1v) is 8.10. The molecule has 0 aliphatic carbocycles. The normalized spacial score (nSPS) is 18.5. The molecule has 5 nitrogen and oxygen atoms in total. The maximum absolute atomic E-state index is 12.1. The zero-order valence-electron chi connectivity index (χ0n) is 13.5. The van der Waals surface area contributed by atoms with Crippen molar-refractivity contribution in [1.82, 2.24) is 20.0 Å². The van der Waals surface area contributed by atoms with Crippen molar-refractivity contribution in [1.29, 1.82) is 0 Å². The first-order chi connectivity index (χ1) is 10.1. The third-order valence-electron chi connectivity index (χ3n) is 4.39. The molecule has 2 atom stereocenters. The van der Waals surface area contributed by atoms with Gasteiger partial charge in [-0.05, 0) is 45.6 Å². The lowest BCUT2D eigenvalue weighted by Gasteiger charge is -2.27. The molecule has 1 aromatic rings. The van der Waals surface area contributed by atoms with Gasteiger partial charge in [-0.3, -0.25) is 9.48 Å². The van der Waals surface area contributed by atoms with Gasteiger partial charge in [0, 0.05) is 38.3 Å². The zero-order valence-corrected chi connectivity index (χ0v) is 13.5. The first-order valence-electron chi connectivity index (χ1n) is 8.10. The fourth-order valence-corrected chi connectivity index (χ4v) is 2.76. The number of aryl methyl sites for hydroxylation is 1. The lowest BCUT2D eigenvalue weighted by molar-refractivity contribution is -0.132. The van der Waals surface area contributed by atoms with Gasteiger partial charge < -0.3 is 10.2 Å². The number of carbonyl (C=O) groups excluding carboxylic acids is 1. The Morgan fingerprint density at radius 3 is 2.67 bits per heavy atom. The molecule has 0 unspecified atom stereocenters. The van der Waals surface area contributed by atoms with E-state index in [1.54, 1.807) is 0 Å². The van der Waals surface area contributed by atoms with Crippen molar-refractivity contribution in [2.75, 3.05) is 19.6 Å². The second-order valence-corrected chi connectivity index (χ2v) is 6.17. The molecular formula is C16H28N4O. The minimum Gasteiger partial charge on any atom is -0.343 e. The van der Waals surface area contributed by atoms with Gasteiger partial charge in [-0.15, -0.1) is 0 Å². The minimum atomic E-state index is 0.281. The highest BCUT2D eigenvalue weighted by atomic mass is 16.2. The van der Waals surface area contributed by atoms with E-state index >= 15 is 0 Å². The molecule has 5 heteroatoms. The van der Waals surface area contributed by atoms with E-state index in [-0.39, 0.29) is 11.9 Å². The van der Waals surface area contributed by atoms with E-state index in [4.69, 9.17) is 0 Å². The predicted molar refractivity (Wildman–Crippen MR) is 84.2 cm³/mol. The van der Waals surface area contributed by atoms with Crippen molar-refractivity contribution in [3.8, 4) is 0 Å². The molecule has 0 aromatic carbocycles. The molecule has 21 heavy (non-hydrogen) atoms. The number of nitrogens with one attached hydrogen (secondary N) is 1. The van der Waals surface area contributed by atoms with Crippen LogP contribution in [-0.2, 0) is 4.79 Å². The summed E-state index contributed by atoms with van der Waals surface area (Å²) in [6.45, 7) is 8.96. The van der Waals surface area contributed by atoms with Gasteiger partial charge >= 0.3 is 0 Å². The van der Waals surface area contributed by atoms with E-state index < -0.39 is 0 Å². The van der Waals surface area contributed by atoms with Gasteiger partial charge in [0.2, 0.25) is 5.91 Å². The largest absolute Gasteiger partial charge is 0.343 e. The molecule has 0 bridgehead atoms. The fourth-order valence-electron chi connectivity index (χ4n) is 2.76. The van der Waals surface area contributed by atoms with E-state index in [1.807, 2.05) is 22.7 Å². The molecule has 1 aliphatic rings. The summed E-state index contributed by atoms with van der Waals surface area (Å²) in [6.07, 6.45) is 8.11. The van der Waals surface area contributed by atoms with Gasteiger partial charge in [0.15, 0.2) is 0 Å². The molecule has 2 rings (SSSR count). The summed E-state index contributed by atoms with van der Waals surface area (Å²) in [7, 11) is 0. The highest BCUT2D eigenvalue weighted by Crippen LogP contribution is 2.12. The van der Waals surface area contributed by atoms with Crippen LogP contribution < -0.4 is 5.32 Å². The Kier molecular flexibility index (Phi) is 5.79. The second kappa shape index (κ2) is 7.59. The molecule has 0 radical (unpaired) electrons. The quantitative estimate of drug-likeness (QED) is 0.874. The average Bonchev–Trinajstić information content (AvgIpc) is 2.93. The van der Waals surface area contributed by atoms with Gasteiger partial charge in [-0.1, -0.05) is 0 Å². The Morgan fingerprint density at radius 2 is 2.05 bits per heavy atom. The Labute approximate surface area is 127 Å². The summed E-state index contributed by atoms with van der Waals surface area (Å²) in [4.78, 5) is 14.1. The molecule has 1 amide bonds. The van der Waals surface area contributed by atoms with Crippen LogP contribution in [0, 0.1) is 6.92 Å². The summed E-state index contributed by atoms with van der Waals surface area (Å²) >= 11 is 0. The molecule has 1 aliphatic heterocycles. The van der Waals surface area contributed by atoms with Crippen LogP contribution in [0.3, 0.4) is 0 Å². The average molecular weight is 292 g/mol. The van der Waals surface area contributed by atoms with Crippen LogP contribution in [-0.4, -0.2) is 46.3 Å². The van der Waals surface area contributed by atoms with Crippen LogP contribution >= 0.6 is 0 Å². The molecule has 2 heterocycles. The Bertz CT molecular complexity index is 451. The number of hydrogen-bond acceptors (Lipinski definition) is 3. The van der Waals surface area contributed by atoms with Crippen molar-refractivity contribution in [2.24, 2.45) is 0 Å². The number of aromatic nitrogens is 2. The second-order valence-electron chi connectivity index (χ2n) is 6.17. The summed E-state index contributed by atoms with van der Waals surface area (Å²) < 4.78 is 1.99. The number of nitrogens with zero attached hydrogens (tertiary/aromatic N) is 3. The Hall–Kier alpha value is -1.36. The molecule has 0 saturated carbocycles. The van der Waals surface area contributed by atoms with Gasteiger partial charge in [0.05, 0.1) is 12.2 Å². The SMILES string of the molecule is Cc1cnn([C@H](C)[C@H](C)NCCC(=O)N2CCCCC2)c1. The van der Waals surface area contributed by atoms with E-state index in [1.165, 1.54) is 12.0 Å². The van der Waals surface area contributed by atoms with Crippen LogP contribution in [0.25, 0.3) is 0 Å². The maximum atomic E-state index is 12.1. The van der Waals surface area contributed by atoms with Crippen molar-refractivity contribution in [3.63, 3.8) is 0 Å². The van der Waals surface area contributed by atoms with Crippen molar-refractivity contribution >= 4 is 5.91 Å². The number of piperidine rings is 1. The molecular weight excluding hydrogens is 264 g/mol. The van der Waals surface area contributed by atoms with Gasteiger partial charge in [0.1, 0.15) is 0 Å². The van der Waals surface area contributed by atoms with Crippen LogP contribution in [0.15, 0.2) is 12.4 Å². The molecule has 1 aromatic heterocycles. The lowest BCUT2D eigenvalue weighted by atomic mass is 10.1. The van der Waals surface area contributed by atoms with Crippen molar-refractivity contribution in [2.45, 2.75) is 58.5 Å². The fraction of sp³-hybridized carbons (Fsp3) is 0.750. The van der Waals surface area contributed by atoms with Crippen molar-refractivity contribution in [3.05, 3.63) is 18.0 Å². The number of amides is 1. The molecule has 1 fully saturated rings. The smallest absolute Gasteiger partial charge is 0.223 e. The van der Waals surface area contributed by atoms with Crippen LogP contribution in [0.4, 0.5) is 0 Å². The minimum absolute atomic E-state index is 0.281. The third kappa shape index (κ3) is 4.56. The molecule has 1 N–H and O–H groups in total.